The molecule has 2 aromatic rings. The van der Waals surface area contributed by atoms with E-state index in [1.807, 2.05) is 12.1 Å². The lowest BCUT2D eigenvalue weighted by molar-refractivity contribution is -0.274. The fourth-order valence-corrected chi connectivity index (χ4v) is 3.99. The van der Waals surface area contributed by atoms with Gasteiger partial charge in [0.2, 0.25) is 5.91 Å². The third-order valence-corrected chi connectivity index (χ3v) is 5.61. The number of pyridine rings is 1. The van der Waals surface area contributed by atoms with Gasteiger partial charge in [0.1, 0.15) is 11.6 Å². The first-order valence-corrected chi connectivity index (χ1v) is 10.7. The molecule has 0 bridgehead atoms. The van der Waals surface area contributed by atoms with Crippen LogP contribution in [0, 0.1) is 0 Å². The molecule has 0 aliphatic carbocycles. The zero-order valence-corrected chi connectivity index (χ0v) is 18.0. The van der Waals surface area contributed by atoms with Crippen molar-refractivity contribution in [1.29, 1.82) is 0 Å². The van der Waals surface area contributed by atoms with E-state index < -0.39 is 6.36 Å². The van der Waals surface area contributed by atoms with Crippen molar-refractivity contribution in [3.05, 3.63) is 77.6 Å². The molecule has 8 heteroatoms. The number of nitrogens with zero attached hydrogens (tertiary/aromatic N) is 2. The molecule has 1 amide bonds. The molecule has 2 aliphatic heterocycles. The van der Waals surface area contributed by atoms with Gasteiger partial charge in [-0.25, -0.2) is 4.98 Å². The molecule has 3 heterocycles. The fraction of sp³-hybridized carbons (Fsp3) is 0.280. The van der Waals surface area contributed by atoms with E-state index in [-0.39, 0.29) is 11.7 Å². The summed E-state index contributed by atoms with van der Waals surface area (Å²) in [6.07, 6.45) is 4.76. The molecular weight excluding hydrogens is 431 g/mol. The van der Waals surface area contributed by atoms with E-state index >= 15 is 0 Å². The smallest absolute Gasteiger partial charge is 0.405 e. The molecule has 0 atom stereocenters. The maximum Gasteiger partial charge on any atom is 0.573 e. The van der Waals surface area contributed by atoms with Gasteiger partial charge in [-0.15, -0.1) is 13.2 Å². The molecule has 4 rings (SSSR count). The molecule has 1 aromatic heterocycles. The van der Waals surface area contributed by atoms with Crippen molar-refractivity contribution >= 4 is 23.4 Å². The number of carbonyl (C=O) groups excluding carboxylic acids is 1. The lowest BCUT2D eigenvalue weighted by atomic mass is 10.0. The summed E-state index contributed by atoms with van der Waals surface area (Å²) in [5, 5.41) is 3.16. The second kappa shape index (κ2) is 9.52. The third-order valence-electron chi connectivity index (χ3n) is 5.61. The van der Waals surface area contributed by atoms with Crippen LogP contribution < -0.4 is 10.1 Å². The number of hydrogen-bond donors (Lipinski definition) is 1. The molecule has 2 aliphatic rings. The number of rotatable bonds is 4. The molecule has 33 heavy (non-hydrogen) atoms. The van der Waals surface area contributed by atoms with Gasteiger partial charge in [0.05, 0.1) is 0 Å². The third kappa shape index (κ3) is 5.83. The summed E-state index contributed by atoms with van der Waals surface area (Å²) in [6, 6.07) is 8.10. The first kappa shape index (κ1) is 22.6. The standard InChI is InChI=1S/C25H24F3N3O2/c1-17-8-10-20-15-18(16-29-24(20)30-17)9-11-23(32)31-13-4-5-19(12-14-31)21-6-2-3-7-22(21)33-25(26,27)28/h2-3,5-7,9,11,15-16H,1,4,8,10,12-14H2,(H,29,30)/b11-9+. The highest BCUT2D eigenvalue weighted by atomic mass is 19.4. The summed E-state index contributed by atoms with van der Waals surface area (Å²) in [4.78, 5) is 18.9. The van der Waals surface area contributed by atoms with Gasteiger partial charge in [-0.3, -0.25) is 4.79 Å². The number of benzene rings is 1. The number of nitrogens with one attached hydrogen (secondary N) is 1. The number of hydrogen-bond acceptors (Lipinski definition) is 4. The Bertz CT molecular complexity index is 1120. The van der Waals surface area contributed by atoms with Crippen molar-refractivity contribution in [1.82, 2.24) is 9.88 Å². The molecule has 0 fully saturated rings. The van der Waals surface area contributed by atoms with Gasteiger partial charge >= 0.3 is 6.36 Å². The Labute approximate surface area is 190 Å². The van der Waals surface area contributed by atoms with Crippen molar-refractivity contribution < 1.29 is 22.7 Å². The van der Waals surface area contributed by atoms with Gasteiger partial charge in [-0.1, -0.05) is 30.9 Å². The quantitative estimate of drug-likeness (QED) is 0.613. The van der Waals surface area contributed by atoms with E-state index in [0.717, 1.165) is 41.1 Å². The van der Waals surface area contributed by atoms with E-state index in [1.165, 1.54) is 18.2 Å². The maximum absolute atomic E-state index is 12.8. The van der Waals surface area contributed by atoms with Crippen molar-refractivity contribution in [2.75, 3.05) is 18.4 Å². The number of halogens is 3. The van der Waals surface area contributed by atoms with Crippen LogP contribution in [-0.4, -0.2) is 35.2 Å². The minimum atomic E-state index is -4.76. The predicted molar refractivity (Wildman–Crippen MR) is 121 cm³/mol. The van der Waals surface area contributed by atoms with Gasteiger partial charge < -0.3 is 15.0 Å². The molecule has 1 aromatic carbocycles. The number of para-hydroxylation sites is 1. The largest absolute Gasteiger partial charge is 0.573 e. The summed E-state index contributed by atoms with van der Waals surface area (Å²) in [7, 11) is 0. The zero-order valence-electron chi connectivity index (χ0n) is 18.0. The Morgan fingerprint density at radius 3 is 2.82 bits per heavy atom. The van der Waals surface area contributed by atoms with E-state index in [1.54, 1.807) is 29.3 Å². The SMILES string of the molecule is C=C1CCc2cc(/C=C/C(=O)N3CCC=C(c4ccccc4OC(F)(F)F)CC3)cnc2N1. The summed E-state index contributed by atoms with van der Waals surface area (Å²) in [5.74, 6) is 0.429. The normalized spacial score (nSPS) is 16.6. The molecule has 0 spiro atoms. The number of anilines is 1. The number of carbonyl (C=O) groups is 1. The number of aryl methyl sites for hydroxylation is 1. The van der Waals surface area contributed by atoms with Crippen molar-refractivity contribution in [3.8, 4) is 5.75 Å². The van der Waals surface area contributed by atoms with Crippen LogP contribution in [0.3, 0.4) is 0 Å². The van der Waals surface area contributed by atoms with Crippen LogP contribution in [0.1, 0.15) is 36.0 Å². The minimum absolute atomic E-state index is 0.145. The minimum Gasteiger partial charge on any atom is -0.405 e. The molecule has 0 saturated carbocycles. The summed E-state index contributed by atoms with van der Waals surface area (Å²) < 4.78 is 42.5. The van der Waals surface area contributed by atoms with Crippen LogP contribution in [0.2, 0.25) is 0 Å². The summed E-state index contributed by atoms with van der Waals surface area (Å²) >= 11 is 0. The van der Waals surface area contributed by atoms with Gasteiger partial charge in [-0.05, 0) is 60.6 Å². The van der Waals surface area contributed by atoms with Gasteiger partial charge in [0, 0.05) is 36.6 Å². The Morgan fingerprint density at radius 2 is 2.00 bits per heavy atom. The predicted octanol–water partition coefficient (Wildman–Crippen LogP) is 5.57. The lowest BCUT2D eigenvalue weighted by Crippen LogP contribution is -2.30. The maximum atomic E-state index is 12.8. The van der Waals surface area contributed by atoms with Crippen LogP contribution in [0.5, 0.6) is 5.75 Å². The van der Waals surface area contributed by atoms with Crippen molar-refractivity contribution in [3.63, 3.8) is 0 Å². The highest BCUT2D eigenvalue weighted by Gasteiger charge is 2.32. The molecule has 172 valence electrons. The zero-order chi connectivity index (χ0) is 23.4. The highest BCUT2D eigenvalue weighted by Crippen LogP contribution is 2.33. The summed E-state index contributed by atoms with van der Waals surface area (Å²) in [5.41, 5.74) is 4.00. The van der Waals surface area contributed by atoms with Crippen LogP contribution in [-0.2, 0) is 11.2 Å². The first-order chi connectivity index (χ1) is 15.8. The highest BCUT2D eigenvalue weighted by molar-refractivity contribution is 5.92. The monoisotopic (exact) mass is 455 g/mol. The number of aromatic nitrogens is 1. The van der Waals surface area contributed by atoms with Crippen LogP contribution in [0.4, 0.5) is 19.0 Å². The van der Waals surface area contributed by atoms with E-state index in [2.05, 4.69) is 21.6 Å². The number of alkyl halides is 3. The van der Waals surface area contributed by atoms with Gasteiger partial charge in [0.25, 0.3) is 0 Å². The van der Waals surface area contributed by atoms with Gasteiger partial charge in [-0.2, -0.15) is 0 Å². The van der Waals surface area contributed by atoms with E-state index in [4.69, 9.17) is 0 Å². The summed E-state index contributed by atoms with van der Waals surface area (Å²) in [6.45, 7) is 4.82. The Morgan fingerprint density at radius 1 is 1.18 bits per heavy atom. The van der Waals surface area contributed by atoms with E-state index in [9.17, 15) is 18.0 Å². The second-order valence-corrected chi connectivity index (χ2v) is 7.98. The van der Waals surface area contributed by atoms with E-state index in [0.29, 0.717) is 31.5 Å². The molecule has 1 N–H and O–H groups in total. The van der Waals surface area contributed by atoms with Gasteiger partial charge in [0.15, 0.2) is 0 Å². The average Bonchev–Trinajstić information content (AvgIpc) is 3.03. The van der Waals surface area contributed by atoms with Crippen molar-refractivity contribution in [2.45, 2.75) is 32.0 Å². The molecule has 0 unspecified atom stereocenters. The Kier molecular flexibility index (Phi) is 6.53. The molecule has 5 nitrogen and oxygen atoms in total. The second-order valence-electron chi connectivity index (χ2n) is 7.98. The molecule has 0 saturated heterocycles. The topological polar surface area (TPSA) is 54.5 Å². The van der Waals surface area contributed by atoms with Crippen LogP contribution >= 0.6 is 0 Å². The Hall–Kier alpha value is -3.55. The first-order valence-electron chi connectivity index (χ1n) is 10.7. The number of allylic oxidation sites excluding steroid dienone is 1. The number of fused-ring (bicyclic) bond motifs is 1. The molecule has 0 radical (unpaired) electrons. The van der Waals surface area contributed by atoms with Crippen LogP contribution in [0.25, 0.3) is 11.6 Å². The Balaban J connectivity index is 1.40. The number of amides is 1. The number of ether oxygens (including phenoxy) is 1. The fourth-order valence-electron chi connectivity index (χ4n) is 3.99. The van der Waals surface area contributed by atoms with Crippen LogP contribution in [0.15, 0.2) is 61.0 Å². The lowest BCUT2D eigenvalue weighted by Gasteiger charge is -2.20. The average molecular weight is 455 g/mol. The van der Waals surface area contributed by atoms with Crippen molar-refractivity contribution in [2.24, 2.45) is 0 Å². The molecular formula is C25H24F3N3O2.